The Bertz CT molecular complexity index is 654. The second-order valence-electron chi connectivity index (χ2n) is 5.58. The van der Waals surface area contributed by atoms with Crippen LogP contribution in [0.1, 0.15) is 30.9 Å². The van der Waals surface area contributed by atoms with E-state index < -0.39 is 16.1 Å². The van der Waals surface area contributed by atoms with Crippen molar-refractivity contribution in [3.8, 4) is 0 Å². The van der Waals surface area contributed by atoms with Gasteiger partial charge in [-0.2, -0.15) is 0 Å². The molecule has 1 rings (SSSR count). The molecule has 0 heterocycles. The first-order chi connectivity index (χ1) is 10.1. The second-order valence-corrected chi connectivity index (χ2v) is 7.74. The van der Waals surface area contributed by atoms with Gasteiger partial charge < -0.3 is 11.1 Å². The Balaban J connectivity index is 3.21. The molecule has 0 fully saturated rings. The van der Waals surface area contributed by atoms with Gasteiger partial charge in [0.25, 0.3) is 0 Å². The number of anilines is 1. The molecule has 1 atom stereocenters. The van der Waals surface area contributed by atoms with Gasteiger partial charge in [0.15, 0.2) is 0 Å². The highest BCUT2D eigenvalue weighted by molar-refractivity contribution is 7.89. The van der Waals surface area contributed by atoms with Crippen LogP contribution in [0.2, 0.25) is 0 Å². The highest BCUT2D eigenvalue weighted by Gasteiger charge is 2.21. The van der Waals surface area contributed by atoms with Crippen LogP contribution >= 0.6 is 0 Å². The Morgan fingerprint density at radius 3 is 2.41 bits per heavy atom. The van der Waals surface area contributed by atoms with Gasteiger partial charge in [0, 0.05) is 19.8 Å². The first-order valence-electron chi connectivity index (χ1n) is 7.21. The van der Waals surface area contributed by atoms with E-state index in [0.29, 0.717) is 12.1 Å². The van der Waals surface area contributed by atoms with E-state index in [2.05, 4.69) is 5.32 Å². The quantitative estimate of drug-likeness (QED) is 0.830. The maximum absolute atomic E-state index is 12.3. The number of aryl methyl sites for hydroxylation is 1. The van der Waals surface area contributed by atoms with Gasteiger partial charge in [-0.25, -0.2) is 12.7 Å². The van der Waals surface area contributed by atoms with E-state index in [0.717, 1.165) is 21.9 Å². The predicted octanol–water partition coefficient (Wildman–Crippen LogP) is 1.62. The summed E-state index contributed by atoms with van der Waals surface area (Å²) in [6.07, 6.45) is 1.39. The zero-order valence-corrected chi connectivity index (χ0v) is 14.6. The minimum atomic E-state index is -3.55. The Morgan fingerprint density at radius 2 is 1.91 bits per heavy atom. The van der Waals surface area contributed by atoms with Crippen LogP contribution in [-0.2, 0) is 14.8 Å². The largest absolute Gasteiger partial charge is 0.324 e. The number of hydrogen-bond donors (Lipinski definition) is 2. The van der Waals surface area contributed by atoms with Crippen LogP contribution in [0.5, 0.6) is 0 Å². The molecule has 124 valence electrons. The molecular weight excluding hydrogens is 302 g/mol. The third-order valence-corrected chi connectivity index (χ3v) is 5.41. The Hall–Kier alpha value is -1.44. The molecule has 1 unspecified atom stereocenters. The molecule has 0 saturated heterocycles. The van der Waals surface area contributed by atoms with Crippen LogP contribution in [0.15, 0.2) is 17.0 Å². The van der Waals surface area contributed by atoms with Gasteiger partial charge in [0.1, 0.15) is 0 Å². The first kappa shape index (κ1) is 18.6. The highest BCUT2D eigenvalue weighted by Crippen LogP contribution is 2.25. The third kappa shape index (κ3) is 4.06. The van der Waals surface area contributed by atoms with Crippen LogP contribution in [0.25, 0.3) is 0 Å². The van der Waals surface area contributed by atoms with Crippen LogP contribution in [0, 0.1) is 13.8 Å². The zero-order chi connectivity index (χ0) is 17.1. The summed E-state index contributed by atoms with van der Waals surface area (Å²) in [5.74, 6) is -0.302. The topological polar surface area (TPSA) is 92.5 Å². The average molecular weight is 327 g/mol. The fraction of sp³-hybridized carbons (Fsp3) is 0.533. The van der Waals surface area contributed by atoms with Crippen molar-refractivity contribution in [1.82, 2.24) is 4.31 Å². The van der Waals surface area contributed by atoms with E-state index in [4.69, 9.17) is 5.73 Å². The molecule has 0 aliphatic rings. The van der Waals surface area contributed by atoms with Crippen LogP contribution in [0.3, 0.4) is 0 Å². The van der Waals surface area contributed by atoms with Crippen molar-refractivity contribution in [3.05, 3.63) is 23.3 Å². The Labute approximate surface area is 132 Å². The number of nitrogens with two attached hydrogens (primary N) is 1. The summed E-state index contributed by atoms with van der Waals surface area (Å²) >= 11 is 0. The van der Waals surface area contributed by atoms with Crippen molar-refractivity contribution in [2.45, 2.75) is 44.6 Å². The van der Waals surface area contributed by atoms with Crippen LogP contribution in [-0.4, -0.2) is 38.8 Å². The van der Waals surface area contributed by atoms with Gasteiger partial charge in [0.05, 0.1) is 10.9 Å². The van der Waals surface area contributed by atoms with E-state index in [1.54, 1.807) is 6.07 Å². The van der Waals surface area contributed by atoms with Crippen LogP contribution in [0.4, 0.5) is 5.69 Å². The lowest BCUT2D eigenvalue weighted by Crippen LogP contribution is -2.35. The molecule has 6 nitrogen and oxygen atoms in total. The fourth-order valence-electron chi connectivity index (χ4n) is 1.98. The van der Waals surface area contributed by atoms with E-state index in [-0.39, 0.29) is 10.8 Å². The molecule has 1 aromatic carbocycles. The van der Waals surface area contributed by atoms with Crippen molar-refractivity contribution in [3.63, 3.8) is 0 Å². The number of carbonyl (C=O) groups is 1. The van der Waals surface area contributed by atoms with E-state index in [1.165, 1.54) is 20.2 Å². The predicted molar refractivity (Wildman–Crippen MR) is 88.3 cm³/mol. The third-order valence-electron chi connectivity index (χ3n) is 3.61. The molecule has 0 aliphatic carbocycles. The molecule has 7 heteroatoms. The first-order valence-corrected chi connectivity index (χ1v) is 8.65. The number of hydrogen-bond acceptors (Lipinski definition) is 4. The lowest BCUT2D eigenvalue weighted by atomic mass is 10.1. The highest BCUT2D eigenvalue weighted by atomic mass is 32.2. The summed E-state index contributed by atoms with van der Waals surface area (Å²) in [7, 11) is -0.610. The van der Waals surface area contributed by atoms with E-state index in [1.807, 2.05) is 20.8 Å². The number of amides is 1. The molecule has 0 bridgehead atoms. The summed E-state index contributed by atoms with van der Waals surface area (Å²) in [5.41, 5.74) is 7.90. The van der Waals surface area contributed by atoms with Crippen molar-refractivity contribution < 1.29 is 13.2 Å². The summed E-state index contributed by atoms with van der Waals surface area (Å²) < 4.78 is 25.7. The summed E-state index contributed by atoms with van der Waals surface area (Å²) in [6.45, 7) is 5.60. The lowest BCUT2D eigenvalue weighted by molar-refractivity contribution is -0.117. The maximum Gasteiger partial charge on any atom is 0.242 e. The smallest absolute Gasteiger partial charge is 0.242 e. The monoisotopic (exact) mass is 327 g/mol. The van der Waals surface area contributed by atoms with Crippen molar-refractivity contribution in [2.24, 2.45) is 5.73 Å². The minimum absolute atomic E-state index is 0.153. The molecule has 0 spiro atoms. The fourth-order valence-corrected chi connectivity index (χ4v) is 3.00. The number of benzene rings is 1. The van der Waals surface area contributed by atoms with Gasteiger partial charge >= 0.3 is 0 Å². The molecule has 0 radical (unpaired) electrons. The van der Waals surface area contributed by atoms with Gasteiger partial charge in [0.2, 0.25) is 15.9 Å². The molecule has 0 saturated carbocycles. The SMILES string of the molecule is CCCC(N)C(=O)Nc1cc(S(=O)(=O)N(C)C)cc(C)c1C. The number of nitrogens with one attached hydrogen (secondary N) is 1. The van der Waals surface area contributed by atoms with Crippen molar-refractivity contribution in [2.75, 3.05) is 19.4 Å². The second kappa shape index (κ2) is 7.21. The van der Waals surface area contributed by atoms with Gasteiger partial charge in [-0.15, -0.1) is 0 Å². The Morgan fingerprint density at radius 1 is 1.32 bits per heavy atom. The summed E-state index contributed by atoms with van der Waals surface area (Å²) in [4.78, 5) is 12.2. The molecule has 3 N–H and O–H groups in total. The standard InChI is InChI=1S/C15H25N3O3S/c1-6-7-13(16)15(19)17-14-9-12(8-10(2)11(14)3)22(20,21)18(4)5/h8-9,13H,6-7,16H2,1-5H3,(H,17,19). The number of sulfonamides is 1. The van der Waals surface area contributed by atoms with Crippen molar-refractivity contribution in [1.29, 1.82) is 0 Å². The van der Waals surface area contributed by atoms with Gasteiger partial charge in [-0.3, -0.25) is 4.79 Å². The average Bonchev–Trinajstić information content (AvgIpc) is 2.43. The molecule has 1 aromatic rings. The van der Waals surface area contributed by atoms with Crippen molar-refractivity contribution >= 4 is 21.6 Å². The van der Waals surface area contributed by atoms with Gasteiger partial charge in [-0.05, 0) is 43.5 Å². The van der Waals surface area contributed by atoms with Crippen LogP contribution < -0.4 is 11.1 Å². The molecular formula is C15H25N3O3S. The van der Waals surface area contributed by atoms with Gasteiger partial charge in [-0.1, -0.05) is 13.3 Å². The van der Waals surface area contributed by atoms with E-state index >= 15 is 0 Å². The molecule has 22 heavy (non-hydrogen) atoms. The molecule has 0 aromatic heterocycles. The molecule has 1 amide bonds. The number of nitrogens with zero attached hydrogens (tertiary/aromatic N) is 1. The minimum Gasteiger partial charge on any atom is -0.324 e. The van der Waals surface area contributed by atoms with E-state index in [9.17, 15) is 13.2 Å². The normalized spacial score (nSPS) is 13.2. The Kier molecular flexibility index (Phi) is 6.10. The summed E-state index contributed by atoms with van der Waals surface area (Å²) in [6, 6.07) is 2.49. The molecule has 0 aliphatic heterocycles. The lowest BCUT2D eigenvalue weighted by Gasteiger charge is -2.17. The number of carbonyl (C=O) groups excluding carboxylic acids is 1. The number of rotatable bonds is 6. The maximum atomic E-state index is 12.3. The summed E-state index contributed by atoms with van der Waals surface area (Å²) in [5, 5.41) is 2.74. The zero-order valence-electron chi connectivity index (χ0n) is 13.8.